The molecule has 8 nitrogen and oxygen atoms in total. The maximum Gasteiger partial charge on any atom is 0.323 e. The lowest BCUT2D eigenvalue weighted by Crippen LogP contribution is -2.50. The zero-order valence-corrected chi connectivity index (χ0v) is 17.8. The van der Waals surface area contributed by atoms with Crippen molar-refractivity contribution in [3.63, 3.8) is 0 Å². The van der Waals surface area contributed by atoms with Crippen LogP contribution in [0.3, 0.4) is 0 Å². The van der Waals surface area contributed by atoms with Crippen molar-refractivity contribution in [2.24, 2.45) is 0 Å². The number of anilines is 1. The molecule has 1 aliphatic rings. The van der Waals surface area contributed by atoms with E-state index < -0.39 is 10.0 Å². The summed E-state index contributed by atoms with van der Waals surface area (Å²) >= 11 is 1.69. The standard InChI is InChI=1S/C18H25N5O3S2/c1-14(15-6-11-27-13-15)22-7-9-23(10-8-22)18(24)20-17-5-4-16(12-19-17)28(25,26)21(2)3/h4-6,11-14H,7-10H2,1-3H3,(H,19,20,24). The van der Waals surface area contributed by atoms with E-state index in [-0.39, 0.29) is 10.9 Å². The lowest BCUT2D eigenvalue weighted by Gasteiger charge is -2.37. The summed E-state index contributed by atoms with van der Waals surface area (Å²) < 4.78 is 25.3. The second-order valence-electron chi connectivity index (χ2n) is 6.85. The lowest BCUT2D eigenvalue weighted by molar-refractivity contribution is 0.119. The van der Waals surface area contributed by atoms with Crippen molar-refractivity contribution >= 4 is 33.2 Å². The molecule has 3 heterocycles. The van der Waals surface area contributed by atoms with Gasteiger partial charge in [0.05, 0.1) is 0 Å². The Labute approximate surface area is 169 Å². The number of nitrogens with one attached hydrogen (secondary N) is 1. The molecule has 10 heteroatoms. The molecule has 2 amide bonds. The van der Waals surface area contributed by atoms with Crippen molar-refractivity contribution in [2.45, 2.75) is 17.9 Å². The van der Waals surface area contributed by atoms with Crippen molar-refractivity contribution in [3.05, 3.63) is 40.7 Å². The zero-order valence-electron chi connectivity index (χ0n) is 16.2. The Hall–Kier alpha value is -2.01. The van der Waals surface area contributed by atoms with E-state index in [0.29, 0.717) is 24.9 Å². The predicted octanol–water partition coefficient (Wildman–Crippen LogP) is 2.30. The second kappa shape index (κ2) is 8.56. The van der Waals surface area contributed by atoms with Crippen LogP contribution in [0.25, 0.3) is 0 Å². The van der Waals surface area contributed by atoms with Gasteiger partial charge in [-0.05, 0) is 41.4 Å². The minimum atomic E-state index is -3.53. The Bertz CT molecular complexity index is 890. The molecule has 2 aromatic heterocycles. The molecular formula is C18H25N5O3S2. The maximum absolute atomic E-state index is 12.5. The third-order valence-electron chi connectivity index (χ3n) is 4.92. The third kappa shape index (κ3) is 4.52. The van der Waals surface area contributed by atoms with E-state index in [2.05, 4.69) is 39.0 Å². The van der Waals surface area contributed by atoms with Crippen molar-refractivity contribution in [1.82, 2.24) is 19.1 Å². The number of pyridine rings is 1. The summed E-state index contributed by atoms with van der Waals surface area (Å²) in [7, 11) is -0.608. The minimum absolute atomic E-state index is 0.0894. The van der Waals surface area contributed by atoms with Crippen LogP contribution in [0.15, 0.2) is 40.1 Å². The number of thiophene rings is 1. The van der Waals surface area contributed by atoms with Gasteiger partial charge in [0, 0.05) is 52.5 Å². The normalized spacial score (nSPS) is 16.9. The van der Waals surface area contributed by atoms with Crippen LogP contribution >= 0.6 is 11.3 Å². The largest absolute Gasteiger partial charge is 0.323 e. The molecule has 3 rings (SSSR count). The Balaban J connectivity index is 1.55. The minimum Gasteiger partial charge on any atom is -0.322 e. The van der Waals surface area contributed by atoms with Crippen LogP contribution in [0.4, 0.5) is 10.6 Å². The maximum atomic E-state index is 12.5. The first-order chi connectivity index (χ1) is 13.3. The highest BCUT2D eigenvalue weighted by Gasteiger charge is 2.25. The van der Waals surface area contributed by atoms with Crippen LogP contribution in [0.5, 0.6) is 0 Å². The number of carbonyl (C=O) groups is 1. The van der Waals surface area contributed by atoms with Gasteiger partial charge in [0.1, 0.15) is 10.7 Å². The van der Waals surface area contributed by atoms with Gasteiger partial charge in [-0.1, -0.05) is 0 Å². The molecule has 0 radical (unpaired) electrons. The summed E-state index contributed by atoms with van der Waals surface area (Å²) in [5.74, 6) is 0.330. The predicted molar refractivity (Wildman–Crippen MR) is 110 cm³/mol. The molecule has 28 heavy (non-hydrogen) atoms. The summed E-state index contributed by atoms with van der Waals surface area (Å²) in [6, 6.07) is 5.20. The summed E-state index contributed by atoms with van der Waals surface area (Å²) in [5, 5.41) is 6.98. The van der Waals surface area contributed by atoms with E-state index >= 15 is 0 Å². The molecule has 0 aliphatic carbocycles. The fraction of sp³-hybridized carbons (Fsp3) is 0.444. The molecule has 1 unspecified atom stereocenters. The van der Waals surface area contributed by atoms with Gasteiger partial charge in [0.15, 0.2) is 0 Å². The quantitative estimate of drug-likeness (QED) is 0.798. The van der Waals surface area contributed by atoms with Gasteiger partial charge in [0.2, 0.25) is 10.0 Å². The first-order valence-corrected chi connectivity index (χ1v) is 11.4. The average Bonchev–Trinajstić information content (AvgIpc) is 3.22. The summed E-state index contributed by atoms with van der Waals surface area (Å²) in [6.07, 6.45) is 1.26. The number of piperazine rings is 1. The summed E-state index contributed by atoms with van der Waals surface area (Å²) in [4.78, 5) is 20.8. The van der Waals surface area contributed by atoms with Crippen LogP contribution in [0, 0.1) is 0 Å². The number of aromatic nitrogens is 1. The van der Waals surface area contributed by atoms with Crippen molar-refractivity contribution < 1.29 is 13.2 Å². The van der Waals surface area contributed by atoms with E-state index in [9.17, 15) is 13.2 Å². The molecule has 1 atom stereocenters. The number of carbonyl (C=O) groups excluding carboxylic acids is 1. The van der Waals surface area contributed by atoms with Gasteiger partial charge >= 0.3 is 6.03 Å². The highest BCUT2D eigenvalue weighted by molar-refractivity contribution is 7.89. The molecule has 2 aromatic rings. The van der Waals surface area contributed by atoms with E-state index in [1.54, 1.807) is 16.2 Å². The molecule has 0 saturated carbocycles. The number of hydrogen-bond donors (Lipinski definition) is 1. The zero-order chi connectivity index (χ0) is 20.3. The molecule has 1 saturated heterocycles. The van der Waals surface area contributed by atoms with Gasteiger partial charge < -0.3 is 4.90 Å². The van der Waals surface area contributed by atoms with E-state index in [1.807, 2.05) is 0 Å². The second-order valence-corrected chi connectivity index (χ2v) is 9.78. The third-order valence-corrected chi connectivity index (χ3v) is 7.42. The number of urea groups is 1. The van der Waals surface area contributed by atoms with E-state index in [4.69, 9.17) is 0 Å². The Morgan fingerprint density at radius 2 is 1.93 bits per heavy atom. The number of nitrogens with zero attached hydrogens (tertiary/aromatic N) is 4. The molecule has 0 aromatic carbocycles. The molecule has 1 aliphatic heterocycles. The van der Waals surface area contributed by atoms with Gasteiger partial charge in [-0.3, -0.25) is 10.2 Å². The highest BCUT2D eigenvalue weighted by atomic mass is 32.2. The van der Waals surface area contributed by atoms with Gasteiger partial charge in [-0.15, -0.1) is 0 Å². The van der Waals surface area contributed by atoms with Gasteiger partial charge in [-0.25, -0.2) is 22.5 Å². The number of sulfonamides is 1. The smallest absolute Gasteiger partial charge is 0.322 e. The number of hydrogen-bond acceptors (Lipinski definition) is 6. The van der Waals surface area contributed by atoms with Crippen molar-refractivity contribution in [2.75, 3.05) is 45.6 Å². The lowest BCUT2D eigenvalue weighted by atomic mass is 10.1. The fourth-order valence-electron chi connectivity index (χ4n) is 3.04. The van der Waals surface area contributed by atoms with Gasteiger partial charge in [0.25, 0.3) is 0 Å². The summed E-state index contributed by atoms with van der Waals surface area (Å²) in [6.45, 7) is 5.06. The van der Waals surface area contributed by atoms with Crippen molar-refractivity contribution in [3.8, 4) is 0 Å². The molecular weight excluding hydrogens is 398 g/mol. The Kier molecular flexibility index (Phi) is 6.33. The molecule has 0 spiro atoms. The van der Waals surface area contributed by atoms with Crippen LogP contribution in [-0.2, 0) is 10.0 Å². The van der Waals surface area contributed by atoms with E-state index in [1.165, 1.54) is 38.0 Å². The first-order valence-electron chi connectivity index (χ1n) is 8.99. The SMILES string of the molecule is CC(c1ccsc1)N1CCN(C(=O)Nc2ccc(S(=O)(=O)N(C)C)cn2)CC1. The van der Waals surface area contributed by atoms with E-state index in [0.717, 1.165) is 17.4 Å². The fourth-order valence-corrected chi connectivity index (χ4v) is 4.64. The molecule has 1 fully saturated rings. The molecule has 1 N–H and O–H groups in total. The average molecular weight is 424 g/mol. The first kappa shape index (κ1) is 20.7. The summed E-state index contributed by atoms with van der Waals surface area (Å²) in [5.41, 5.74) is 1.31. The number of amides is 2. The van der Waals surface area contributed by atoms with Crippen molar-refractivity contribution in [1.29, 1.82) is 0 Å². The van der Waals surface area contributed by atoms with Gasteiger partial charge in [-0.2, -0.15) is 11.3 Å². The van der Waals surface area contributed by atoms with Crippen LogP contribution in [-0.4, -0.2) is 73.8 Å². The highest BCUT2D eigenvalue weighted by Crippen LogP contribution is 2.23. The Morgan fingerprint density at radius 3 is 2.46 bits per heavy atom. The van der Waals surface area contributed by atoms with Crippen LogP contribution in [0.2, 0.25) is 0 Å². The molecule has 152 valence electrons. The Morgan fingerprint density at radius 1 is 1.21 bits per heavy atom. The topological polar surface area (TPSA) is 85.8 Å². The molecule has 0 bridgehead atoms. The number of rotatable bonds is 5. The van der Waals surface area contributed by atoms with Crippen LogP contribution in [0.1, 0.15) is 18.5 Å². The monoisotopic (exact) mass is 423 g/mol. The van der Waals surface area contributed by atoms with Crippen LogP contribution < -0.4 is 5.32 Å².